The van der Waals surface area contributed by atoms with E-state index in [1.54, 1.807) is 6.92 Å². The Morgan fingerprint density at radius 2 is 2.06 bits per heavy atom. The average molecular weight is 268 g/mol. The van der Waals surface area contributed by atoms with Crippen LogP contribution >= 0.6 is 24.0 Å². The Balaban J connectivity index is 0.00000225. The van der Waals surface area contributed by atoms with E-state index in [0.717, 1.165) is 11.6 Å². The molecule has 0 fully saturated rings. The summed E-state index contributed by atoms with van der Waals surface area (Å²) in [4.78, 5) is 0. The van der Waals surface area contributed by atoms with Crippen molar-refractivity contribution in [1.29, 1.82) is 0 Å². The first-order valence-corrected chi connectivity index (χ1v) is 4.84. The van der Waals surface area contributed by atoms with E-state index in [2.05, 4.69) is 6.58 Å². The number of rotatable bonds is 3. The molecule has 0 aromatic heterocycles. The molecule has 5 heteroatoms. The summed E-state index contributed by atoms with van der Waals surface area (Å²) in [5.74, 6) is -1.46. The highest BCUT2D eigenvalue weighted by atomic mass is 35.5. The monoisotopic (exact) mass is 267 g/mol. The molecule has 2 N–H and O–H groups in total. The van der Waals surface area contributed by atoms with Crippen molar-refractivity contribution in [2.45, 2.75) is 19.4 Å². The zero-order chi connectivity index (χ0) is 11.6. The standard InChI is InChI=1S/C11H12ClF2N.ClH/c1-6(2)5-9(15)10-8(13)4-3-7(12)11(10)14;/h3-4,9H,1,5,15H2,2H3;1H/t9-;/m1./s1. The molecule has 1 aromatic rings. The second kappa shape index (κ2) is 6.18. The second-order valence-electron chi connectivity index (χ2n) is 3.52. The maximum atomic E-state index is 13.5. The van der Waals surface area contributed by atoms with E-state index in [1.807, 2.05) is 0 Å². The van der Waals surface area contributed by atoms with Gasteiger partial charge in [0.25, 0.3) is 0 Å². The fraction of sp³-hybridized carbons (Fsp3) is 0.273. The lowest BCUT2D eigenvalue weighted by Crippen LogP contribution is -2.14. The summed E-state index contributed by atoms with van der Waals surface area (Å²) in [6.07, 6.45) is 0.328. The molecule has 0 saturated heterocycles. The number of hydrogen-bond acceptors (Lipinski definition) is 1. The molecule has 0 amide bonds. The van der Waals surface area contributed by atoms with Gasteiger partial charge in [0.15, 0.2) is 0 Å². The third-order valence-electron chi connectivity index (χ3n) is 2.02. The van der Waals surface area contributed by atoms with Crippen LogP contribution in [0.3, 0.4) is 0 Å². The predicted molar refractivity (Wildman–Crippen MR) is 65.0 cm³/mol. The minimum absolute atomic E-state index is 0. The molecule has 16 heavy (non-hydrogen) atoms. The maximum Gasteiger partial charge on any atom is 0.149 e. The molecule has 1 atom stereocenters. The van der Waals surface area contributed by atoms with Gasteiger partial charge in [0.1, 0.15) is 11.6 Å². The minimum atomic E-state index is -0.787. The summed E-state index contributed by atoms with van der Waals surface area (Å²) in [6.45, 7) is 5.39. The molecule has 90 valence electrons. The molecule has 0 unspecified atom stereocenters. The largest absolute Gasteiger partial charge is 0.324 e. The molecule has 0 spiro atoms. The molecule has 0 aliphatic carbocycles. The Morgan fingerprint density at radius 1 is 1.50 bits per heavy atom. The van der Waals surface area contributed by atoms with Gasteiger partial charge < -0.3 is 5.73 Å². The van der Waals surface area contributed by atoms with Gasteiger partial charge in [-0.25, -0.2) is 8.78 Å². The van der Waals surface area contributed by atoms with Gasteiger partial charge in [0.05, 0.1) is 5.02 Å². The van der Waals surface area contributed by atoms with Gasteiger partial charge in [0, 0.05) is 11.6 Å². The van der Waals surface area contributed by atoms with Gasteiger partial charge in [-0.3, -0.25) is 0 Å². The lowest BCUT2D eigenvalue weighted by atomic mass is 10.0. The van der Waals surface area contributed by atoms with Crippen molar-refractivity contribution in [3.8, 4) is 0 Å². The third-order valence-corrected chi connectivity index (χ3v) is 2.31. The first kappa shape index (κ1) is 15.4. The Hall–Kier alpha value is -0.640. The van der Waals surface area contributed by atoms with Crippen LogP contribution in [0.1, 0.15) is 24.9 Å². The van der Waals surface area contributed by atoms with Crippen molar-refractivity contribution in [2.24, 2.45) is 5.73 Å². The molecule has 0 aliphatic rings. The Bertz CT molecular complexity index is 394. The van der Waals surface area contributed by atoms with E-state index in [0.29, 0.717) is 6.42 Å². The van der Waals surface area contributed by atoms with Crippen LogP contribution < -0.4 is 5.73 Å². The SMILES string of the molecule is C=C(C)C[C@@H](N)c1c(F)ccc(Cl)c1F.Cl. The van der Waals surface area contributed by atoms with Crippen molar-refractivity contribution < 1.29 is 8.78 Å². The predicted octanol–water partition coefficient (Wildman–Crippen LogP) is 4.01. The van der Waals surface area contributed by atoms with Gasteiger partial charge in [-0.2, -0.15) is 0 Å². The number of benzene rings is 1. The van der Waals surface area contributed by atoms with Crippen molar-refractivity contribution in [1.82, 2.24) is 0 Å². The van der Waals surface area contributed by atoms with E-state index >= 15 is 0 Å². The molecule has 0 heterocycles. The zero-order valence-electron chi connectivity index (χ0n) is 8.77. The van der Waals surface area contributed by atoms with Crippen molar-refractivity contribution in [3.05, 3.63) is 46.5 Å². The van der Waals surface area contributed by atoms with Crippen LogP contribution in [0.2, 0.25) is 5.02 Å². The van der Waals surface area contributed by atoms with E-state index in [-0.39, 0.29) is 23.0 Å². The van der Waals surface area contributed by atoms with E-state index < -0.39 is 17.7 Å². The van der Waals surface area contributed by atoms with E-state index in [4.69, 9.17) is 17.3 Å². The van der Waals surface area contributed by atoms with Crippen LogP contribution in [0.25, 0.3) is 0 Å². The summed E-state index contributed by atoms with van der Waals surface area (Å²) < 4.78 is 26.8. The quantitative estimate of drug-likeness (QED) is 0.650. The van der Waals surface area contributed by atoms with Crippen molar-refractivity contribution >= 4 is 24.0 Å². The number of hydrogen-bond donors (Lipinski definition) is 1. The number of nitrogens with two attached hydrogens (primary N) is 1. The molecule has 1 nitrogen and oxygen atoms in total. The summed E-state index contributed by atoms with van der Waals surface area (Å²) in [5, 5.41) is -0.122. The lowest BCUT2D eigenvalue weighted by molar-refractivity contribution is 0.524. The summed E-state index contributed by atoms with van der Waals surface area (Å²) in [6, 6.07) is 1.53. The summed E-state index contributed by atoms with van der Waals surface area (Å²) in [7, 11) is 0. The van der Waals surface area contributed by atoms with Crippen LogP contribution in [0.4, 0.5) is 8.78 Å². The highest BCUT2D eigenvalue weighted by molar-refractivity contribution is 6.30. The van der Waals surface area contributed by atoms with Gasteiger partial charge in [-0.1, -0.05) is 17.2 Å². The maximum absolute atomic E-state index is 13.5. The first-order valence-electron chi connectivity index (χ1n) is 4.46. The first-order chi connectivity index (χ1) is 6.93. The Labute approximate surface area is 105 Å². The molecule has 0 saturated carbocycles. The second-order valence-corrected chi connectivity index (χ2v) is 3.93. The van der Waals surface area contributed by atoms with Gasteiger partial charge in [-0.15, -0.1) is 19.0 Å². The van der Waals surface area contributed by atoms with Crippen LogP contribution in [0.15, 0.2) is 24.3 Å². The van der Waals surface area contributed by atoms with Gasteiger partial charge in [0.2, 0.25) is 0 Å². The summed E-state index contributed by atoms with van der Waals surface area (Å²) >= 11 is 5.55. The third kappa shape index (κ3) is 3.44. The normalized spacial score (nSPS) is 11.8. The average Bonchev–Trinajstić information content (AvgIpc) is 2.11. The van der Waals surface area contributed by atoms with Crippen molar-refractivity contribution in [2.75, 3.05) is 0 Å². The van der Waals surface area contributed by atoms with E-state index in [1.165, 1.54) is 6.07 Å². The fourth-order valence-electron chi connectivity index (χ4n) is 1.36. The fourth-order valence-corrected chi connectivity index (χ4v) is 1.52. The molecule has 1 rings (SSSR count). The Kier molecular flexibility index (Phi) is 5.94. The van der Waals surface area contributed by atoms with Crippen LogP contribution in [0.5, 0.6) is 0 Å². The van der Waals surface area contributed by atoms with Crippen LogP contribution in [-0.4, -0.2) is 0 Å². The highest BCUT2D eigenvalue weighted by Crippen LogP contribution is 2.27. The smallest absolute Gasteiger partial charge is 0.149 e. The molecular formula is C11H13Cl2F2N. The molecule has 0 radical (unpaired) electrons. The highest BCUT2D eigenvalue weighted by Gasteiger charge is 2.18. The molecular weight excluding hydrogens is 255 g/mol. The topological polar surface area (TPSA) is 26.0 Å². The number of halogens is 4. The van der Waals surface area contributed by atoms with Crippen LogP contribution in [-0.2, 0) is 0 Å². The lowest BCUT2D eigenvalue weighted by Gasteiger charge is -2.14. The minimum Gasteiger partial charge on any atom is -0.324 e. The Morgan fingerprint density at radius 3 is 2.56 bits per heavy atom. The molecule has 1 aromatic carbocycles. The van der Waals surface area contributed by atoms with E-state index in [9.17, 15) is 8.78 Å². The molecule has 0 aliphatic heterocycles. The van der Waals surface area contributed by atoms with Gasteiger partial charge in [-0.05, 0) is 25.5 Å². The molecule has 0 bridgehead atoms. The van der Waals surface area contributed by atoms with Crippen molar-refractivity contribution in [3.63, 3.8) is 0 Å². The zero-order valence-corrected chi connectivity index (χ0v) is 10.3. The van der Waals surface area contributed by atoms with Gasteiger partial charge >= 0.3 is 0 Å². The van der Waals surface area contributed by atoms with Crippen LogP contribution in [0, 0.1) is 11.6 Å². The summed E-state index contributed by atoms with van der Waals surface area (Å²) in [5.41, 5.74) is 6.26.